The van der Waals surface area contributed by atoms with Gasteiger partial charge in [0.2, 0.25) is 0 Å². The van der Waals surface area contributed by atoms with Crippen LogP contribution in [0.1, 0.15) is 0 Å². The highest BCUT2D eigenvalue weighted by atomic mass is 35.5. The molecular weight excluding hydrogens is 247 g/mol. The third kappa shape index (κ3) is 1.64. The van der Waals surface area contributed by atoms with Gasteiger partial charge in [-0.1, -0.05) is 11.6 Å². The van der Waals surface area contributed by atoms with Crippen LogP contribution in [-0.2, 0) is 10.0 Å². The minimum atomic E-state index is -3.99. The summed E-state index contributed by atoms with van der Waals surface area (Å²) in [5.41, 5.74) is -0.0369. The lowest BCUT2D eigenvalue weighted by molar-refractivity contribution is 0.256. The molecule has 1 aliphatic heterocycles. The SMILES string of the molecule is O=C1Nc2cc(Cl)c(F)cc2S(=O)(=O)N1. The van der Waals surface area contributed by atoms with E-state index in [1.54, 1.807) is 4.72 Å². The number of carbonyl (C=O) groups is 1. The number of carbonyl (C=O) groups excluding carboxylic acids is 1. The van der Waals surface area contributed by atoms with E-state index in [1.165, 1.54) is 0 Å². The molecule has 80 valence electrons. The fraction of sp³-hybridized carbons (Fsp3) is 0. The van der Waals surface area contributed by atoms with Crippen molar-refractivity contribution in [3.63, 3.8) is 0 Å². The molecule has 1 heterocycles. The zero-order chi connectivity index (χ0) is 11.2. The van der Waals surface area contributed by atoms with Gasteiger partial charge in [-0.25, -0.2) is 22.3 Å². The number of benzene rings is 1. The highest BCUT2D eigenvalue weighted by molar-refractivity contribution is 7.90. The molecule has 0 saturated heterocycles. The first-order chi connectivity index (χ1) is 6.90. The number of rotatable bonds is 0. The van der Waals surface area contributed by atoms with E-state index >= 15 is 0 Å². The van der Waals surface area contributed by atoms with Gasteiger partial charge >= 0.3 is 6.03 Å². The Morgan fingerprint density at radius 2 is 2.00 bits per heavy atom. The minimum absolute atomic E-state index is 0.0369. The summed E-state index contributed by atoms with van der Waals surface area (Å²) in [5.74, 6) is -0.864. The molecule has 0 atom stereocenters. The van der Waals surface area contributed by atoms with Crippen LogP contribution in [0.5, 0.6) is 0 Å². The van der Waals surface area contributed by atoms with Crippen molar-refractivity contribution in [1.29, 1.82) is 0 Å². The smallest absolute Gasteiger partial charge is 0.306 e. The molecule has 5 nitrogen and oxygen atoms in total. The molecule has 0 fully saturated rings. The van der Waals surface area contributed by atoms with Gasteiger partial charge < -0.3 is 5.32 Å². The molecule has 2 rings (SSSR count). The summed E-state index contributed by atoms with van der Waals surface area (Å²) >= 11 is 5.44. The van der Waals surface area contributed by atoms with Gasteiger partial charge in [0.15, 0.2) is 0 Å². The Hall–Kier alpha value is -1.34. The number of fused-ring (bicyclic) bond motifs is 1. The topological polar surface area (TPSA) is 75.3 Å². The van der Waals surface area contributed by atoms with Crippen molar-refractivity contribution in [1.82, 2.24) is 4.72 Å². The van der Waals surface area contributed by atoms with E-state index in [0.717, 1.165) is 12.1 Å². The Balaban J connectivity index is 2.74. The standard InChI is InChI=1S/C7H4ClFN2O3S/c8-3-1-5-6(2-4(3)9)15(13,14)11-7(12)10-5/h1-2H,(H2,10,11,12). The molecule has 0 saturated carbocycles. The van der Waals surface area contributed by atoms with Crippen molar-refractivity contribution in [2.45, 2.75) is 4.90 Å². The fourth-order valence-electron chi connectivity index (χ4n) is 1.17. The van der Waals surface area contributed by atoms with E-state index in [9.17, 15) is 17.6 Å². The second-order valence-electron chi connectivity index (χ2n) is 2.82. The monoisotopic (exact) mass is 250 g/mol. The summed E-state index contributed by atoms with van der Waals surface area (Å²) in [4.78, 5) is 10.6. The Morgan fingerprint density at radius 3 is 2.67 bits per heavy atom. The van der Waals surface area contributed by atoms with Gasteiger partial charge in [-0.2, -0.15) is 0 Å². The molecule has 0 radical (unpaired) electrons. The Morgan fingerprint density at radius 1 is 1.33 bits per heavy atom. The molecule has 15 heavy (non-hydrogen) atoms. The Kier molecular flexibility index (Phi) is 2.09. The maximum atomic E-state index is 13.0. The van der Waals surface area contributed by atoms with E-state index in [0.29, 0.717) is 0 Å². The molecule has 0 aliphatic carbocycles. The van der Waals surface area contributed by atoms with Crippen LogP contribution in [0.3, 0.4) is 0 Å². The van der Waals surface area contributed by atoms with Crippen LogP contribution in [0.25, 0.3) is 0 Å². The quantitative estimate of drug-likeness (QED) is 0.729. The molecule has 0 aromatic heterocycles. The summed E-state index contributed by atoms with van der Waals surface area (Å²) in [5, 5.41) is 1.95. The van der Waals surface area contributed by atoms with E-state index in [-0.39, 0.29) is 15.6 Å². The molecule has 0 spiro atoms. The van der Waals surface area contributed by atoms with Crippen LogP contribution in [0.4, 0.5) is 14.9 Å². The molecule has 0 bridgehead atoms. The summed E-state index contributed by atoms with van der Waals surface area (Å²) in [6, 6.07) is 0.896. The maximum absolute atomic E-state index is 13.0. The summed E-state index contributed by atoms with van der Waals surface area (Å²) < 4.78 is 37.4. The van der Waals surface area contributed by atoms with Crippen molar-refractivity contribution in [2.75, 3.05) is 5.32 Å². The molecule has 1 aromatic carbocycles. The zero-order valence-electron chi connectivity index (χ0n) is 7.04. The van der Waals surface area contributed by atoms with Crippen LogP contribution in [0, 0.1) is 5.82 Å². The average Bonchev–Trinajstić information content (AvgIpc) is 2.07. The lowest BCUT2D eigenvalue weighted by atomic mass is 10.3. The largest absolute Gasteiger partial charge is 0.333 e. The van der Waals surface area contributed by atoms with Gasteiger partial charge in [0.05, 0.1) is 10.7 Å². The maximum Gasteiger partial charge on any atom is 0.333 e. The summed E-state index contributed by atoms with van der Waals surface area (Å²) in [7, 11) is -3.99. The fourth-order valence-corrected chi connectivity index (χ4v) is 2.40. The third-order valence-corrected chi connectivity index (χ3v) is 3.45. The van der Waals surface area contributed by atoms with Crippen molar-refractivity contribution < 1.29 is 17.6 Å². The predicted molar refractivity (Wildman–Crippen MR) is 50.8 cm³/mol. The predicted octanol–water partition coefficient (Wildman–Crippen LogP) is 1.30. The van der Waals surface area contributed by atoms with Gasteiger partial charge in [-0.3, -0.25) is 0 Å². The highest BCUT2D eigenvalue weighted by Crippen LogP contribution is 2.29. The van der Waals surface area contributed by atoms with E-state index in [2.05, 4.69) is 5.32 Å². The summed E-state index contributed by atoms with van der Waals surface area (Å²) in [6.07, 6.45) is 0. The molecule has 0 unspecified atom stereocenters. The van der Waals surface area contributed by atoms with Gasteiger partial charge in [-0.05, 0) is 12.1 Å². The molecule has 1 aromatic rings. The highest BCUT2D eigenvalue weighted by Gasteiger charge is 2.28. The van der Waals surface area contributed by atoms with Crippen LogP contribution in [0.2, 0.25) is 5.02 Å². The van der Waals surface area contributed by atoms with Gasteiger partial charge in [0, 0.05) is 0 Å². The Labute approximate surface area is 89.3 Å². The second-order valence-corrected chi connectivity index (χ2v) is 4.88. The van der Waals surface area contributed by atoms with E-state index in [4.69, 9.17) is 11.6 Å². The lowest BCUT2D eigenvalue weighted by Gasteiger charge is -2.18. The van der Waals surface area contributed by atoms with E-state index in [1.807, 2.05) is 0 Å². The van der Waals surface area contributed by atoms with Gasteiger partial charge in [0.1, 0.15) is 10.7 Å². The van der Waals surface area contributed by atoms with Crippen molar-refractivity contribution >= 4 is 33.3 Å². The molecular formula is C7H4ClFN2O3S. The van der Waals surface area contributed by atoms with Gasteiger partial charge in [0.25, 0.3) is 10.0 Å². The number of sulfonamides is 1. The van der Waals surface area contributed by atoms with Crippen LogP contribution >= 0.6 is 11.6 Å². The van der Waals surface area contributed by atoms with Crippen molar-refractivity contribution in [3.05, 3.63) is 23.0 Å². The third-order valence-electron chi connectivity index (χ3n) is 1.79. The summed E-state index contributed by atoms with van der Waals surface area (Å²) in [6.45, 7) is 0. The lowest BCUT2D eigenvalue weighted by Crippen LogP contribution is -2.39. The number of hydrogen-bond donors (Lipinski definition) is 2. The van der Waals surface area contributed by atoms with Gasteiger partial charge in [-0.15, -0.1) is 0 Å². The molecule has 2 N–H and O–H groups in total. The first kappa shape index (κ1) is 10.2. The normalized spacial score (nSPS) is 17.6. The number of nitrogens with one attached hydrogen (secondary N) is 2. The number of amides is 2. The van der Waals surface area contributed by atoms with Crippen molar-refractivity contribution in [3.8, 4) is 0 Å². The number of anilines is 1. The number of hydrogen-bond acceptors (Lipinski definition) is 3. The number of urea groups is 1. The van der Waals surface area contributed by atoms with Crippen LogP contribution < -0.4 is 10.0 Å². The molecule has 1 aliphatic rings. The minimum Gasteiger partial charge on any atom is -0.306 e. The second kappa shape index (κ2) is 3.07. The van der Waals surface area contributed by atoms with Crippen molar-refractivity contribution in [2.24, 2.45) is 0 Å². The first-order valence-electron chi connectivity index (χ1n) is 3.73. The average molecular weight is 251 g/mol. The van der Waals surface area contributed by atoms with Crippen LogP contribution in [-0.4, -0.2) is 14.4 Å². The van der Waals surface area contributed by atoms with Crippen LogP contribution in [0.15, 0.2) is 17.0 Å². The van der Waals surface area contributed by atoms with E-state index < -0.39 is 21.9 Å². The molecule has 2 amide bonds. The zero-order valence-corrected chi connectivity index (χ0v) is 8.62. The first-order valence-corrected chi connectivity index (χ1v) is 5.59. The number of halogens is 2. The Bertz CT molecular complexity index is 558. The molecule has 8 heteroatoms.